The van der Waals surface area contributed by atoms with Gasteiger partial charge in [-0.2, -0.15) is 0 Å². The number of rotatable bonds is 3. The molecule has 122 valence electrons. The maximum Gasteiger partial charge on any atom is 0.289 e. The minimum Gasteiger partial charge on any atom is -0.444 e. The first-order valence-electron chi connectivity index (χ1n) is 7.95. The molecule has 1 aromatic carbocycles. The van der Waals surface area contributed by atoms with E-state index in [1.807, 2.05) is 4.90 Å². The molecule has 1 aliphatic rings. The fourth-order valence-electron chi connectivity index (χ4n) is 2.95. The summed E-state index contributed by atoms with van der Waals surface area (Å²) in [5, 5.41) is 0. The summed E-state index contributed by atoms with van der Waals surface area (Å²) in [4.78, 5) is 16.8. The molecule has 0 spiro atoms. The SMILES string of the molecule is Cc1ccccc1CN1CCCN(C(=O)c2ccc(Br)o2)CC1. The predicted molar refractivity (Wildman–Crippen MR) is 93.4 cm³/mol. The summed E-state index contributed by atoms with van der Waals surface area (Å²) in [6.07, 6.45) is 0.986. The fraction of sp³-hybridized carbons (Fsp3) is 0.389. The van der Waals surface area contributed by atoms with Crippen LogP contribution in [0.2, 0.25) is 0 Å². The Balaban J connectivity index is 1.61. The van der Waals surface area contributed by atoms with Crippen molar-refractivity contribution in [3.63, 3.8) is 0 Å². The van der Waals surface area contributed by atoms with Crippen LogP contribution in [0, 0.1) is 6.92 Å². The second kappa shape index (κ2) is 7.32. The van der Waals surface area contributed by atoms with Crippen LogP contribution in [0.15, 0.2) is 45.5 Å². The number of nitrogens with zero attached hydrogens (tertiary/aromatic N) is 2. The molecule has 1 saturated heterocycles. The van der Waals surface area contributed by atoms with Gasteiger partial charge in [0.05, 0.1) is 0 Å². The zero-order valence-electron chi connectivity index (χ0n) is 13.3. The molecule has 0 N–H and O–H groups in total. The van der Waals surface area contributed by atoms with Gasteiger partial charge in [-0.1, -0.05) is 24.3 Å². The molecule has 1 aromatic heterocycles. The zero-order valence-corrected chi connectivity index (χ0v) is 14.9. The first-order chi connectivity index (χ1) is 11.1. The van der Waals surface area contributed by atoms with Crippen LogP contribution in [-0.2, 0) is 6.54 Å². The van der Waals surface area contributed by atoms with Crippen LogP contribution < -0.4 is 0 Å². The highest BCUT2D eigenvalue weighted by Gasteiger charge is 2.22. The van der Waals surface area contributed by atoms with Gasteiger partial charge in [0.25, 0.3) is 5.91 Å². The van der Waals surface area contributed by atoms with E-state index in [4.69, 9.17) is 4.42 Å². The Bertz CT molecular complexity index is 683. The standard InChI is InChI=1S/C18H21BrN2O2/c1-14-5-2-3-6-15(14)13-20-9-4-10-21(12-11-20)18(22)16-7-8-17(19)23-16/h2-3,5-8H,4,9-13H2,1H3. The van der Waals surface area contributed by atoms with Crippen molar-refractivity contribution in [1.82, 2.24) is 9.80 Å². The lowest BCUT2D eigenvalue weighted by atomic mass is 10.1. The third kappa shape index (κ3) is 4.03. The molecule has 5 heteroatoms. The second-order valence-electron chi connectivity index (χ2n) is 5.95. The van der Waals surface area contributed by atoms with Gasteiger partial charge in [0.1, 0.15) is 0 Å². The molecule has 0 aliphatic carbocycles. The van der Waals surface area contributed by atoms with Crippen LogP contribution in [0.4, 0.5) is 0 Å². The van der Waals surface area contributed by atoms with Crippen LogP contribution in [0.25, 0.3) is 0 Å². The van der Waals surface area contributed by atoms with E-state index in [0.29, 0.717) is 10.4 Å². The summed E-state index contributed by atoms with van der Waals surface area (Å²) in [5.41, 5.74) is 2.69. The van der Waals surface area contributed by atoms with Gasteiger partial charge in [0, 0.05) is 32.7 Å². The van der Waals surface area contributed by atoms with Gasteiger partial charge in [0.15, 0.2) is 10.4 Å². The van der Waals surface area contributed by atoms with E-state index in [9.17, 15) is 4.79 Å². The number of amides is 1. The molecule has 0 radical (unpaired) electrons. The van der Waals surface area contributed by atoms with Gasteiger partial charge in [-0.3, -0.25) is 9.69 Å². The number of benzene rings is 1. The summed E-state index contributed by atoms with van der Waals surface area (Å²) in [5.74, 6) is 0.387. The van der Waals surface area contributed by atoms with Gasteiger partial charge in [-0.15, -0.1) is 0 Å². The van der Waals surface area contributed by atoms with Gasteiger partial charge in [-0.25, -0.2) is 0 Å². The Morgan fingerprint density at radius 2 is 1.96 bits per heavy atom. The van der Waals surface area contributed by atoms with Crippen molar-refractivity contribution >= 4 is 21.8 Å². The molecule has 2 aromatic rings. The lowest BCUT2D eigenvalue weighted by Gasteiger charge is -2.22. The Morgan fingerprint density at radius 3 is 2.70 bits per heavy atom. The molecule has 0 saturated carbocycles. The summed E-state index contributed by atoms with van der Waals surface area (Å²) in [7, 11) is 0. The van der Waals surface area contributed by atoms with Crippen molar-refractivity contribution in [2.45, 2.75) is 19.9 Å². The average Bonchev–Trinajstić information content (AvgIpc) is 2.84. The Morgan fingerprint density at radius 1 is 1.13 bits per heavy atom. The van der Waals surface area contributed by atoms with E-state index < -0.39 is 0 Å². The first-order valence-corrected chi connectivity index (χ1v) is 8.74. The van der Waals surface area contributed by atoms with Crippen molar-refractivity contribution in [3.8, 4) is 0 Å². The molecule has 3 rings (SSSR count). The van der Waals surface area contributed by atoms with Crippen LogP contribution >= 0.6 is 15.9 Å². The third-order valence-corrected chi connectivity index (χ3v) is 4.74. The highest BCUT2D eigenvalue weighted by Crippen LogP contribution is 2.18. The van der Waals surface area contributed by atoms with Crippen LogP contribution in [-0.4, -0.2) is 41.9 Å². The van der Waals surface area contributed by atoms with E-state index in [1.54, 1.807) is 12.1 Å². The number of aryl methyl sites for hydroxylation is 1. The molecule has 1 fully saturated rings. The molecule has 23 heavy (non-hydrogen) atoms. The van der Waals surface area contributed by atoms with E-state index in [1.165, 1.54) is 11.1 Å². The zero-order chi connectivity index (χ0) is 16.2. The van der Waals surface area contributed by atoms with Crippen LogP contribution in [0.3, 0.4) is 0 Å². The normalized spacial score (nSPS) is 16.3. The Hall–Kier alpha value is -1.59. The van der Waals surface area contributed by atoms with Gasteiger partial charge in [-0.05, 0) is 52.5 Å². The molecule has 0 unspecified atom stereocenters. The van der Waals surface area contributed by atoms with Gasteiger partial charge in [0.2, 0.25) is 0 Å². The number of hydrogen-bond donors (Lipinski definition) is 0. The smallest absolute Gasteiger partial charge is 0.289 e. The number of carbonyl (C=O) groups excluding carboxylic acids is 1. The monoisotopic (exact) mass is 376 g/mol. The van der Waals surface area contributed by atoms with Crippen molar-refractivity contribution in [2.75, 3.05) is 26.2 Å². The second-order valence-corrected chi connectivity index (χ2v) is 6.73. The largest absolute Gasteiger partial charge is 0.444 e. The summed E-state index contributed by atoms with van der Waals surface area (Å²) >= 11 is 3.25. The van der Waals surface area contributed by atoms with Crippen molar-refractivity contribution in [1.29, 1.82) is 0 Å². The van der Waals surface area contributed by atoms with Gasteiger partial charge >= 0.3 is 0 Å². The fourth-order valence-corrected chi connectivity index (χ4v) is 3.25. The molecule has 1 aliphatic heterocycles. The van der Waals surface area contributed by atoms with Crippen LogP contribution in [0.1, 0.15) is 28.1 Å². The van der Waals surface area contributed by atoms with Crippen molar-refractivity contribution in [2.24, 2.45) is 0 Å². The minimum atomic E-state index is -0.0200. The van der Waals surface area contributed by atoms with Crippen LogP contribution in [0.5, 0.6) is 0 Å². The summed E-state index contributed by atoms with van der Waals surface area (Å²) < 4.78 is 5.98. The predicted octanol–water partition coefficient (Wildman–Crippen LogP) is 3.70. The third-order valence-electron chi connectivity index (χ3n) is 4.31. The molecular weight excluding hydrogens is 356 g/mol. The summed E-state index contributed by atoms with van der Waals surface area (Å²) in [6.45, 7) is 6.52. The molecule has 2 heterocycles. The molecule has 1 amide bonds. The maximum absolute atomic E-state index is 12.5. The number of hydrogen-bond acceptors (Lipinski definition) is 3. The molecular formula is C18H21BrN2O2. The number of furan rings is 1. The molecule has 0 atom stereocenters. The lowest BCUT2D eigenvalue weighted by molar-refractivity contribution is 0.0728. The Labute approximate surface area is 145 Å². The number of halogens is 1. The molecule has 0 bridgehead atoms. The highest BCUT2D eigenvalue weighted by atomic mass is 79.9. The Kier molecular flexibility index (Phi) is 5.18. The van der Waals surface area contributed by atoms with Crippen molar-refractivity contribution in [3.05, 3.63) is 58.0 Å². The number of carbonyl (C=O) groups is 1. The van der Waals surface area contributed by atoms with Gasteiger partial charge < -0.3 is 9.32 Å². The first kappa shape index (κ1) is 16.3. The average molecular weight is 377 g/mol. The minimum absolute atomic E-state index is 0.0200. The molecule has 4 nitrogen and oxygen atoms in total. The van der Waals surface area contributed by atoms with E-state index in [0.717, 1.165) is 39.1 Å². The van der Waals surface area contributed by atoms with E-state index in [-0.39, 0.29) is 5.91 Å². The lowest BCUT2D eigenvalue weighted by Crippen LogP contribution is -2.35. The quantitative estimate of drug-likeness (QED) is 0.819. The van der Waals surface area contributed by atoms with E-state index in [2.05, 4.69) is 52.0 Å². The maximum atomic E-state index is 12.5. The topological polar surface area (TPSA) is 36.7 Å². The van der Waals surface area contributed by atoms with Crippen molar-refractivity contribution < 1.29 is 9.21 Å². The summed E-state index contributed by atoms with van der Waals surface area (Å²) in [6, 6.07) is 12.0. The highest BCUT2D eigenvalue weighted by molar-refractivity contribution is 9.10. The van der Waals surface area contributed by atoms with E-state index >= 15 is 0 Å².